The van der Waals surface area contributed by atoms with Gasteiger partial charge in [0.1, 0.15) is 6.10 Å². The molecule has 59 heavy (non-hydrogen) atoms. The number of morpholine rings is 1. The van der Waals surface area contributed by atoms with E-state index in [2.05, 4.69) is 49.4 Å². The van der Waals surface area contributed by atoms with Gasteiger partial charge < -0.3 is 18.9 Å². The van der Waals surface area contributed by atoms with Crippen LogP contribution < -0.4 is 0 Å². The molecule has 0 aliphatic carbocycles. The van der Waals surface area contributed by atoms with Gasteiger partial charge >= 0.3 is 17.9 Å². The Labute approximate surface area is 362 Å². The first-order valence-electron chi connectivity index (χ1n) is 24.5. The van der Waals surface area contributed by atoms with Crippen molar-refractivity contribution in [1.29, 1.82) is 0 Å². The monoisotopic (exact) mass is 828 g/mol. The molecule has 1 aliphatic heterocycles. The highest BCUT2D eigenvalue weighted by Crippen LogP contribution is 2.20. The Morgan fingerprint density at radius 3 is 1.66 bits per heavy atom. The molecule has 1 fully saturated rings. The molecule has 0 spiro atoms. The predicted octanol–water partition coefficient (Wildman–Crippen LogP) is 13.0. The van der Waals surface area contributed by atoms with Crippen molar-refractivity contribution >= 4 is 17.9 Å². The lowest BCUT2D eigenvalue weighted by molar-refractivity contribution is -0.150. The summed E-state index contributed by atoms with van der Waals surface area (Å²) in [7, 11) is 0. The van der Waals surface area contributed by atoms with E-state index in [1.54, 1.807) is 0 Å². The number of carbonyl (C=O) groups is 3. The smallest absolute Gasteiger partial charge is 0.306 e. The van der Waals surface area contributed by atoms with Crippen LogP contribution in [0.15, 0.2) is 29.8 Å². The maximum atomic E-state index is 12.8. The molecule has 0 aromatic heterocycles. The third-order valence-corrected chi connectivity index (χ3v) is 11.7. The summed E-state index contributed by atoms with van der Waals surface area (Å²) < 4.78 is 22.5. The molecule has 0 aromatic rings. The van der Waals surface area contributed by atoms with Gasteiger partial charge in [-0.3, -0.25) is 19.3 Å². The maximum absolute atomic E-state index is 12.8. The molecule has 0 saturated carbocycles. The van der Waals surface area contributed by atoms with Crippen molar-refractivity contribution in [2.75, 3.05) is 46.1 Å². The number of hydrogen-bond donors (Lipinski definition) is 0. The molecular formula is C51H89NO7. The molecule has 1 saturated heterocycles. The lowest BCUT2D eigenvalue weighted by atomic mass is 9.98. The van der Waals surface area contributed by atoms with Gasteiger partial charge in [-0.2, -0.15) is 0 Å². The average Bonchev–Trinajstić information content (AvgIpc) is 3.22. The Hall–Kier alpha value is -2.59. The predicted molar refractivity (Wildman–Crippen MR) is 242 cm³/mol. The van der Waals surface area contributed by atoms with Gasteiger partial charge in [-0.25, -0.2) is 0 Å². The van der Waals surface area contributed by atoms with Gasteiger partial charge in [0.05, 0.1) is 26.4 Å². The van der Waals surface area contributed by atoms with Crippen LogP contribution >= 0.6 is 0 Å². The highest BCUT2D eigenvalue weighted by Gasteiger charge is 2.16. The molecule has 1 rings (SSSR count). The van der Waals surface area contributed by atoms with Crippen LogP contribution in [0.5, 0.6) is 0 Å². The minimum atomic E-state index is -0.0907. The van der Waals surface area contributed by atoms with Gasteiger partial charge in [-0.05, 0) is 101 Å². The summed E-state index contributed by atoms with van der Waals surface area (Å²) in [6.07, 6.45) is 33.0. The van der Waals surface area contributed by atoms with Crippen LogP contribution in [0.25, 0.3) is 0 Å². The minimum Gasteiger partial charge on any atom is -0.466 e. The van der Waals surface area contributed by atoms with E-state index >= 15 is 0 Å². The van der Waals surface area contributed by atoms with Crippen LogP contribution in [0.1, 0.15) is 213 Å². The Kier molecular flexibility index (Phi) is 37.6. The molecule has 0 N–H and O–H groups in total. The third-order valence-electron chi connectivity index (χ3n) is 11.7. The minimum absolute atomic E-state index is 0.00493. The van der Waals surface area contributed by atoms with E-state index in [9.17, 15) is 14.4 Å². The van der Waals surface area contributed by atoms with Gasteiger partial charge in [-0.1, -0.05) is 141 Å². The molecule has 3 atom stereocenters. The van der Waals surface area contributed by atoms with Crippen molar-refractivity contribution in [3.8, 4) is 0 Å². The van der Waals surface area contributed by atoms with E-state index in [1.165, 1.54) is 70.6 Å². The Morgan fingerprint density at radius 2 is 1.10 bits per heavy atom. The molecule has 340 valence electrons. The van der Waals surface area contributed by atoms with Gasteiger partial charge in [0.15, 0.2) is 0 Å². The van der Waals surface area contributed by atoms with Gasteiger partial charge in [0.25, 0.3) is 0 Å². The van der Waals surface area contributed by atoms with Crippen LogP contribution in [-0.2, 0) is 33.3 Å². The average molecular weight is 828 g/mol. The summed E-state index contributed by atoms with van der Waals surface area (Å²) in [6.45, 7) is 15.6. The molecule has 0 amide bonds. The fourth-order valence-corrected chi connectivity index (χ4v) is 7.74. The first-order valence-corrected chi connectivity index (χ1v) is 24.5. The quantitative estimate of drug-likeness (QED) is 0.0261. The zero-order chi connectivity index (χ0) is 42.9. The fraction of sp³-hybridized carbons (Fsp3) is 0.843. The molecule has 0 aromatic carbocycles. The van der Waals surface area contributed by atoms with Crippen LogP contribution in [-0.4, -0.2) is 75.0 Å². The Morgan fingerprint density at radius 1 is 0.610 bits per heavy atom. The maximum Gasteiger partial charge on any atom is 0.306 e. The van der Waals surface area contributed by atoms with Crippen molar-refractivity contribution < 1.29 is 33.3 Å². The largest absolute Gasteiger partial charge is 0.466 e. The SMILES string of the molecule is C=C=C=C=CC(CCCCC)CCOC(=O)CCCCCCCCCC(CCCCCCCCCC(=O)OCCC(C)CCCCC)OC(=O)CCCN1CCOCC1. The molecule has 3 unspecified atom stereocenters. The number of carbonyl (C=O) groups excluding carboxylic acids is 3. The lowest BCUT2D eigenvalue weighted by Crippen LogP contribution is -2.37. The molecule has 1 heterocycles. The van der Waals surface area contributed by atoms with Gasteiger partial charge in [0.2, 0.25) is 0 Å². The summed E-state index contributed by atoms with van der Waals surface area (Å²) >= 11 is 0. The highest BCUT2D eigenvalue weighted by atomic mass is 16.5. The fourth-order valence-electron chi connectivity index (χ4n) is 7.74. The van der Waals surface area contributed by atoms with Crippen molar-refractivity contribution in [1.82, 2.24) is 4.90 Å². The summed E-state index contributed by atoms with van der Waals surface area (Å²) in [4.78, 5) is 39.6. The summed E-state index contributed by atoms with van der Waals surface area (Å²) in [5.41, 5.74) is 8.38. The molecule has 8 heteroatoms. The van der Waals surface area contributed by atoms with Crippen molar-refractivity contribution in [3.05, 3.63) is 29.8 Å². The van der Waals surface area contributed by atoms with Crippen LogP contribution in [0.4, 0.5) is 0 Å². The number of hydrogen-bond acceptors (Lipinski definition) is 8. The Bertz CT molecular complexity index is 1150. The van der Waals surface area contributed by atoms with Crippen molar-refractivity contribution in [2.45, 2.75) is 219 Å². The van der Waals surface area contributed by atoms with Crippen molar-refractivity contribution in [2.24, 2.45) is 11.8 Å². The first-order chi connectivity index (χ1) is 28.9. The lowest BCUT2D eigenvalue weighted by Gasteiger charge is -2.26. The van der Waals surface area contributed by atoms with E-state index in [4.69, 9.17) is 18.9 Å². The summed E-state index contributed by atoms with van der Waals surface area (Å²) in [5.74, 6) is 0.779. The number of esters is 3. The standard InChI is InChI=1S/C51H89NO7/c1-5-8-21-29-46(4)37-42-57-49(53)34-26-19-15-11-13-17-24-32-48(59-51(55)36-28-39-52-40-44-56-45-41-52)33-25-18-14-12-16-20-27-35-50(54)58-43-38-47(30-22-9-6-2)31-23-10-7-3/h30,46-48H,2,5,7-8,10-21,23-29,31-45H2,1,3-4H3. The van der Waals surface area contributed by atoms with Gasteiger partial charge in [0, 0.05) is 32.4 Å². The zero-order valence-electron chi connectivity index (χ0n) is 38.5. The normalized spacial score (nSPS) is 14.4. The van der Waals surface area contributed by atoms with Crippen LogP contribution in [0.2, 0.25) is 0 Å². The third kappa shape index (κ3) is 35.8. The highest BCUT2D eigenvalue weighted by molar-refractivity contribution is 5.70. The molecule has 1 aliphatic rings. The van der Waals surface area contributed by atoms with E-state index in [0.29, 0.717) is 44.3 Å². The van der Waals surface area contributed by atoms with E-state index in [0.717, 1.165) is 136 Å². The molecule has 0 radical (unpaired) electrons. The second-order valence-electron chi connectivity index (χ2n) is 17.2. The molecule has 8 nitrogen and oxygen atoms in total. The summed E-state index contributed by atoms with van der Waals surface area (Å²) in [6, 6.07) is 0. The number of unbranched alkanes of at least 4 members (excludes halogenated alkanes) is 16. The van der Waals surface area contributed by atoms with Crippen LogP contribution in [0.3, 0.4) is 0 Å². The number of allylic oxidation sites excluding steroid dienone is 1. The van der Waals surface area contributed by atoms with Gasteiger partial charge in [-0.15, -0.1) is 0 Å². The van der Waals surface area contributed by atoms with E-state index < -0.39 is 0 Å². The molecule has 0 bridgehead atoms. The van der Waals surface area contributed by atoms with Crippen molar-refractivity contribution in [3.63, 3.8) is 0 Å². The number of ether oxygens (including phenoxy) is 4. The first kappa shape index (κ1) is 54.4. The second kappa shape index (κ2) is 40.8. The zero-order valence-corrected chi connectivity index (χ0v) is 38.5. The van der Waals surface area contributed by atoms with Crippen LogP contribution in [0, 0.1) is 11.8 Å². The van der Waals surface area contributed by atoms with E-state index in [-0.39, 0.29) is 24.0 Å². The summed E-state index contributed by atoms with van der Waals surface area (Å²) in [5, 5.41) is 0. The Balaban J connectivity index is 2.24. The second-order valence-corrected chi connectivity index (χ2v) is 17.2. The number of nitrogens with zero attached hydrogens (tertiary/aromatic N) is 1. The molecular weight excluding hydrogens is 739 g/mol. The number of rotatable bonds is 40. The van der Waals surface area contributed by atoms with E-state index in [1.807, 2.05) is 6.08 Å². The topological polar surface area (TPSA) is 91.4 Å².